The Morgan fingerprint density at radius 3 is 1.03 bits per heavy atom. The molecule has 0 aliphatic carbocycles. The average Bonchev–Trinajstić information content (AvgIpc) is 2.86. The second kappa shape index (κ2) is 24.5. The first-order valence-corrected chi connectivity index (χ1v) is 14.9. The van der Waals surface area contributed by atoms with Gasteiger partial charge in [0.15, 0.2) is 0 Å². The van der Waals surface area contributed by atoms with Crippen molar-refractivity contribution in [3.63, 3.8) is 0 Å². The minimum atomic E-state index is 1.01. The van der Waals surface area contributed by atoms with Crippen molar-refractivity contribution in [2.45, 2.75) is 155 Å². The standard InChI is InChI=1S/C34H54/c1-3-5-7-9-11-13-15-17-19-21-23-25-29-33-31-27-28-32-34(33)30-26-24-22-20-18-16-14-12-10-8-6-4-2/h27-28,31-32H,3-24H2,1-2H3. The SMILES string of the molecule is CCCCCCCCCCCCC#Cc1ccccc1C#CCCCCCCCCCCCC. The predicted molar refractivity (Wildman–Crippen MR) is 153 cm³/mol. The highest BCUT2D eigenvalue weighted by Crippen LogP contribution is 2.13. The van der Waals surface area contributed by atoms with Crippen LogP contribution in [0.15, 0.2) is 24.3 Å². The van der Waals surface area contributed by atoms with Crippen LogP contribution in [0.5, 0.6) is 0 Å². The van der Waals surface area contributed by atoms with Gasteiger partial charge in [0.2, 0.25) is 0 Å². The molecule has 0 heteroatoms. The summed E-state index contributed by atoms with van der Waals surface area (Å²) in [4.78, 5) is 0. The Morgan fingerprint density at radius 1 is 0.412 bits per heavy atom. The van der Waals surface area contributed by atoms with Gasteiger partial charge in [0.25, 0.3) is 0 Å². The van der Waals surface area contributed by atoms with Crippen molar-refractivity contribution in [3.05, 3.63) is 35.4 Å². The molecule has 1 aromatic rings. The second-order valence-corrected chi connectivity index (χ2v) is 10.0. The molecule has 0 unspecified atom stereocenters. The zero-order valence-electron chi connectivity index (χ0n) is 22.9. The molecule has 0 saturated carbocycles. The average molecular weight is 463 g/mol. The van der Waals surface area contributed by atoms with Crippen LogP contribution in [0.3, 0.4) is 0 Å². The molecule has 0 N–H and O–H groups in total. The Bertz CT molecular complexity index is 629. The molecule has 0 bridgehead atoms. The van der Waals surface area contributed by atoms with Crippen LogP contribution in [0.2, 0.25) is 0 Å². The summed E-state index contributed by atoms with van der Waals surface area (Å²) in [5.41, 5.74) is 2.20. The van der Waals surface area contributed by atoms with Crippen LogP contribution >= 0.6 is 0 Å². The van der Waals surface area contributed by atoms with E-state index in [4.69, 9.17) is 0 Å². The molecule has 0 saturated heterocycles. The van der Waals surface area contributed by atoms with Crippen LogP contribution in [0.1, 0.15) is 166 Å². The fourth-order valence-electron chi connectivity index (χ4n) is 4.42. The van der Waals surface area contributed by atoms with Crippen molar-refractivity contribution in [1.29, 1.82) is 0 Å². The Kier molecular flexibility index (Phi) is 21.9. The number of rotatable bonds is 20. The first-order valence-electron chi connectivity index (χ1n) is 14.9. The third kappa shape index (κ3) is 18.7. The topological polar surface area (TPSA) is 0 Å². The van der Waals surface area contributed by atoms with Gasteiger partial charge >= 0.3 is 0 Å². The second-order valence-electron chi connectivity index (χ2n) is 10.0. The summed E-state index contributed by atoms with van der Waals surface area (Å²) in [5, 5.41) is 0. The molecule has 1 rings (SSSR count). The van der Waals surface area contributed by atoms with Crippen LogP contribution < -0.4 is 0 Å². The first kappa shape index (κ1) is 30.4. The van der Waals surface area contributed by atoms with Gasteiger partial charge in [0.1, 0.15) is 0 Å². The molecule has 0 aromatic heterocycles. The van der Waals surface area contributed by atoms with Crippen molar-refractivity contribution in [2.24, 2.45) is 0 Å². The van der Waals surface area contributed by atoms with Gasteiger partial charge in [-0.25, -0.2) is 0 Å². The Hall–Kier alpha value is -1.66. The summed E-state index contributed by atoms with van der Waals surface area (Å²) in [5.74, 6) is 13.6. The molecule has 0 radical (unpaired) electrons. The maximum atomic E-state index is 3.40. The molecule has 0 nitrogen and oxygen atoms in total. The normalized spacial score (nSPS) is 10.4. The zero-order chi connectivity index (χ0) is 24.4. The molecular weight excluding hydrogens is 408 g/mol. The van der Waals surface area contributed by atoms with Crippen LogP contribution in [0.4, 0.5) is 0 Å². The van der Waals surface area contributed by atoms with Crippen molar-refractivity contribution < 1.29 is 0 Å². The lowest BCUT2D eigenvalue weighted by atomic mass is 10.0. The van der Waals surface area contributed by atoms with Crippen LogP contribution in [0.25, 0.3) is 0 Å². The molecule has 0 amide bonds. The fraction of sp³-hybridized carbons (Fsp3) is 0.706. The van der Waals surface area contributed by atoms with Crippen LogP contribution in [-0.4, -0.2) is 0 Å². The highest BCUT2D eigenvalue weighted by Gasteiger charge is 1.96. The summed E-state index contributed by atoms with van der Waals surface area (Å²) >= 11 is 0. The third-order valence-electron chi connectivity index (χ3n) is 6.68. The molecule has 0 heterocycles. The molecule has 1 aromatic carbocycles. The number of unbranched alkanes of at least 4 members (excludes halogenated alkanes) is 20. The van der Waals surface area contributed by atoms with Crippen molar-refractivity contribution in [3.8, 4) is 23.7 Å². The van der Waals surface area contributed by atoms with Crippen molar-refractivity contribution >= 4 is 0 Å². The lowest BCUT2D eigenvalue weighted by Gasteiger charge is -2.01. The van der Waals surface area contributed by atoms with Gasteiger partial charge in [0, 0.05) is 24.0 Å². The zero-order valence-corrected chi connectivity index (χ0v) is 22.9. The minimum Gasteiger partial charge on any atom is -0.0978 e. The smallest absolute Gasteiger partial charge is 0.0401 e. The maximum absolute atomic E-state index is 3.40. The lowest BCUT2D eigenvalue weighted by Crippen LogP contribution is -1.84. The molecule has 0 atom stereocenters. The van der Waals surface area contributed by atoms with E-state index in [0.29, 0.717) is 0 Å². The van der Waals surface area contributed by atoms with E-state index in [0.717, 1.165) is 24.0 Å². The molecular formula is C34H54. The van der Waals surface area contributed by atoms with Gasteiger partial charge in [-0.2, -0.15) is 0 Å². The van der Waals surface area contributed by atoms with E-state index in [9.17, 15) is 0 Å². The van der Waals surface area contributed by atoms with Crippen LogP contribution in [-0.2, 0) is 0 Å². The molecule has 0 aliphatic rings. The first-order chi connectivity index (χ1) is 16.9. The Balaban J connectivity index is 2.12. The summed E-state index contributed by atoms with van der Waals surface area (Å²) in [7, 11) is 0. The maximum Gasteiger partial charge on any atom is 0.0401 e. The third-order valence-corrected chi connectivity index (χ3v) is 6.68. The molecule has 34 heavy (non-hydrogen) atoms. The van der Waals surface area contributed by atoms with E-state index < -0.39 is 0 Å². The minimum absolute atomic E-state index is 1.01. The number of hydrogen-bond acceptors (Lipinski definition) is 0. The summed E-state index contributed by atoms with van der Waals surface area (Å²) in [6, 6.07) is 8.40. The lowest BCUT2D eigenvalue weighted by molar-refractivity contribution is 0.558. The van der Waals surface area contributed by atoms with Gasteiger partial charge in [0.05, 0.1) is 0 Å². The van der Waals surface area contributed by atoms with Gasteiger partial charge in [-0.15, -0.1) is 0 Å². The van der Waals surface area contributed by atoms with E-state index in [1.165, 1.54) is 128 Å². The van der Waals surface area contributed by atoms with E-state index in [2.05, 4.69) is 61.8 Å². The van der Waals surface area contributed by atoms with Crippen molar-refractivity contribution in [2.75, 3.05) is 0 Å². The Labute approximate surface area is 214 Å². The summed E-state index contributed by atoms with van der Waals surface area (Å²) < 4.78 is 0. The summed E-state index contributed by atoms with van der Waals surface area (Å²) in [6.45, 7) is 4.57. The van der Waals surface area contributed by atoms with E-state index in [1.54, 1.807) is 0 Å². The summed E-state index contributed by atoms with van der Waals surface area (Å²) in [6.07, 6.45) is 29.6. The van der Waals surface area contributed by atoms with E-state index >= 15 is 0 Å². The number of hydrogen-bond donors (Lipinski definition) is 0. The largest absolute Gasteiger partial charge is 0.0978 e. The van der Waals surface area contributed by atoms with Gasteiger partial charge < -0.3 is 0 Å². The van der Waals surface area contributed by atoms with Gasteiger partial charge in [-0.3, -0.25) is 0 Å². The van der Waals surface area contributed by atoms with E-state index in [1.807, 2.05) is 0 Å². The van der Waals surface area contributed by atoms with Gasteiger partial charge in [-0.05, 0) is 25.0 Å². The quantitative estimate of drug-likeness (QED) is 0.133. The fourth-order valence-corrected chi connectivity index (χ4v) is 4.42. The Morgan fingerprint density at radius 2 is 0.706 bits per heavy atom. The van der Waals surface area contributed by atoms with Crippen molar-refractivity contribution in [1.82, 2.24) is 0 Å². The molecule has 190 valence electrons. The predicted octanol–water partition coefficient (Wildman–Crippen LogP) is 11.0. The van der Waals surface area contributed by atoms with Gasteiger partial charge in [-0.1, -0.05) is 165 Å². The molecule has 0 spiro atoms. The van der Waals surface area contributed by atoms with Crippen LogP contribution in [0, 0.1) is 23.7 Å². The highest BCUT2D eigenvalue weighted by atomic mass is 14.0. The number of benzene rings is 1. The molecule has 0 fully saturated rings. The molecule has 0 aliphatic heterocycles. The van der Waals surface area contributed by atoms with E-state index in [-0.39, 0.29) is 0 Å². The monoisotopic (exact) mass is 462 g/mol. The highest BCUT2D eigenvalue weighted by molar-refractivity contribution is 5.49.